The van der Waals surface area contributed by atoms with E-state index in [1.165, 1.54) is 6.07 Å². The van der Waals surface area contributed by atoms with Crippen LogP contribution < -0.4 is 15.9 Å². The number of hydrogen-bond donors (Lipinski definition) is 3. The number of nitrogens with two attached hydrogens (primary N) is 1. The number of H-pyrrole nitrogens is 1. The predicted molar refractivity (Wildman–Crippen MR) is 131 cm³/mol. The lowest BCUT2D eigenvalue weighted by atomic mass is 10.1. The summed E-state index contributed by atoms with van der Waals surface area (Å²) in [4.78, 5) is 32.0. The number of primary amides is 1. The van der Waals surface area contributed by atoms with Crippen molar-refractivity contribution in [3.05, 3.63) is 76.8 Å². The number of aromatic nitrogens is 3. The predicted octanol–water partition coefficient (Wildman–Crippen LogP) is 3.83. The van der Waals surface area contributed by atoms with Gasteiger partial charge in [0.1, 0.15) is 35.3 Å². The fraction of sp³-hybridized carbons (Fsp3) is 0.115. The van der Waals surface area contributed by atoms with Crippen molar-refractivity contribution in [3.8, 4) is 45.6 Å². The van der Waals surface area contributed by atoms with E-state index in [-0.39, 0.29) is 12.3 Å². The number of amides is 1. The van der Waals surface area contributed by atoms with Gasteiger partial charge in [-0.1, -0.05) is 18.2 Å². The molecule has 0 saturated heterocycles. The Balaban J connectivity index is 1.77. The van der Waals surface area contributed by atoms with Crippen LogP contribution in [0.15, 0.2) is 70.0 Å². The number of aromatic hydroxyl groups is 1. The number of rotatable bonds is 6. The number of imidazole rings is 1. The topological polar surface area (TPSA) is 136 Å². The second-order valence-corrected chi connectivity index (χ2v) is 8.09. The van der Waals surface area contributed by atoms with E-state index in [2.05, 4.69) is 4.98 Å². The minimum atomic E-state index is -0.557. The molecule has 0 radical (unpaired) electrons. The third-order valence-electron chi connectivity index (χ3n) is 5.71. The Bertz CT molecular complexity index is 1630. The van der Waals surface area contributed by atoms with E-state index in [0.29, 0.717) is 34.3 Å². The smallest absolute Gasteiger partial charge is 0.237 e. The highest BCUT2D eigenvalue weighted by molar-refractivity contribution is 5.96. The third kappa shape index (κ3) is 3.93. The summed E-state index contributed by atoms with van der Waals surface area (Å²) in [5.41, 5.74) is 7.96. The molecule has 0 bridgehead atoms. The summed E-state index contributed by atoms with van der Waals surface area (Å²) in [6.45, 7) is 1.64. The molecule has 0 spiro atoms. The number of carbonyl (C=O) groups is 1. The second kappa shape index (κ2) is 8.53. The number of aryl methyl sites for hydroxylation is 1. The lowest BCUT2D eigenvalue weighted by molar-refractivity contribution is -0.118. The highest BCUT2D eigenvalue weighted by atomic mass is 16.5. The van der Waals surface area contributed by atoms with Crippen LogP contribution >= 0.6 is 0 Å². The second-order valence-electron chi connectivity index (χ2n) is 8.09. The molecule has 2 aromatic carbocycles. The maximum Gasteiger partial charge on any atom is 0.237 e. The Hall–Kier alpha value is -4.79. The number of fused-ring (bicyclic) bond motifs is 1. The minimum absolute atomic E-state index is 0.00690. The van der Waals surface area contributed by atoms with Gasteiger partial charge >= 0.3 is 0 Å². The van der Waals surface area contributed by atoms with E-state index in [1.54, 1.807) is 36.9 Å². The van der Waals surface area contributed by atoms with E-state index >= 15 is 0 Å². The molecule has 0 unspecified atom stereocenters. The van der Waals surface area contributed by atoms with Gasteiger partial charge in [-0.05, 0) is 37.3 Å². The Morgan fingerprint density at radius 2 is 1.94 bits per heavy atom. The molecule has 0 aliphatic rings. The molecular formula is C26H22N4O5. The quantitative estimate of drug-likeness (QED) is 0.345. The Morgan fingerprint density at radius 3 is 2.66 bits per heavy atom. The van der Waals surface area contributed by atoms with Crippen molar-refractivity contribution in [1.82, 2.24) is 14.5 Å². The zero-order valence-electron chi connectivity index (χ0n) is 19.0. The number of para-hydroxylation sites is 1. The van der Waals surface area contributed by atoms with Gasteiger partial charge in [-0.2, -0.15) is 0 Å². The maximum atomic E-state index is 12.3. The molecule has 9 nitrogen and oxygen atoms in total. The van der Waals surface area contributed by atoms with E-state index in [1.807, 2.05) is 36.4 Å². The molecule has 0 aliphatic heterocycles. The standard InChI is InChI=1S/C26H22N4O5/c1-14-11-20(31)24(33)25(35-14)23-22(15-7-9-16(34-2)10-8-15)28-26(29-23)18-12-30(13-21(27)32)19-6-4-3-5-17(18)19/h3-12,33H,13H2,1-2H3,(H2,27,32)(H,28,29). The van der Waals surface area contributed by atoms with Crippen LogP contribution in [-0.2, 0) is 11.3 Å². The van der Waals surface area contributed by atoms with Crippen LogP contribution in [-0.4, -0.2) is 32.7 Å². The first-order valence-electron chi connectivity index (χ1n) is 10.8. The van der Waals surface area contributed by atoms with Crippen molar-refractivity contribution in [2.24, 2.45) is 5.73 Å². The third-order valence-corrected chi connectivity index (χ3v) is 5.71. The first-order chi connectivity index (χ1) is 16.9. The highest BCUT2D eigenvalue weighted by Crippen LogP contribution is 2.38. The van der Waals surface area contributed by atoms with Crippen LogP contribution in [0.2, 0.25) is 0 Å². The lowest BCUT2D eigenvalue weighted by Crippen LogP contribution is -2.17. The van der Waals surface area contributed by atoms with Crippen molar-refractivity contribution >= 4 is 16.8 Å². The molecule has 3 heterocycles. The molecular weight excluding hydrogens is 448 g/mol. The Kier molecular flexibility index (Phi) is 5.37. The Morgan fingerprint density at radius 1 is 1.20 bits per heavy atom. The molecule has 0 fully saturated rings. The molecule has 4 N–H and O–H groups in total. The average Bonchev–Trinajstić information content (AvgIpc) is 3.43. The van der Waals surface area contributed by atoms with Crippen molar-refractivity contribution < 1.29 is 19.1 Å². The van der Waals surface area contributed by atoms with Gasteiger partial charge in [0.05, 0.1) is 7.11 Å². The van der Waals surface area contributed by atoms with E-state index < -0.39 is 17.1 Å². The summed E-state index contributed by atoms with van der Waals surface area (Å²) in [5.74, 6) is 0.483. The first kappa shape index (κ1) is 22.0. The molecule has 5 rings (SSSR count). The van der Waals surface area contributed by atoms with Gasteiger partial charge in [-0.25, -0.2) is 4.98 Å². The minimum Gasteiger partial charge on any atom is -0.501 e. The van der Waals surface area contributed by atoms with Gasteiger partial charge in [0, 0.05) is 34.3 Å². The normalized spacial score (nSPS) is 11.1. The molecule has 0 saturated carbocycles. The van der Waals surface area contributed by atoms with Crippen molar-refractivity contribution in [3.63, 3.8) is 0 Å². The van der Waals surface area contributed by atoms with Crippen LogP contribution in [0.1, 0.15) is 5.76 Å². The van der Waals surface area contributed by atoms with Crippen LogP contribution in [0, 0.1) is 6.92 Å². The summed E-state index contributed by atoms with van der Waals surface area (Å²) >= 11 is 0. The molecule has 176 valence electrons. The zero-order chi connectivity index (χ0) is 24.7. The maximum absolute atomic E-state index is 12.3. The summed E-state index contributed by atoms with van der Waals surface area (Å²) < 4.78 is 12.8. The van der Waals surface area contributed by atoms with E-state index in [9.17, 15) is 14.7 Å². The highest BCUT2D eigenvalue weighted by Gasteiger charge is 2.23. The molecule has 0 atom stereocenters. The van der Waals surface area contributed by atoms with Gasteiger partial charge in [-0.3, -0.25) is 9.59 Å². The monoisotopic (exact) mass is 470 g/mol. The van der Waals surface area contributed by atoms with E-state index in [4.69, 9.17) is 19.9 Å². The summed E-state index contributed by atoms with van der Waals surface area (Å²) in [6, 6.07) is 16.0. The molecule has 0 aliphatic carbocycles. The molecule has 3 aromatic heterocycles. The fourth-order valence-electron chi connectivity index (χ4n) is 4.13. The van der Waals surface area contributed by atoms with Crippen molar-refractivity contribution in [1.29, 1.82) is 0 Å². The van der Waals surface area contributed by atoms with Crippen LogP contribution in [0.5, 0.6) is 11.5 Å². The van der Waals surface area contributed by atoms with Gasteiger partial charge in [0.15, 0.2) is 5.76 Å². The zero-order valence-corrected chi connectivity index (χ0v) is 19.0. The van der Waals surface area contributed by atoms with E-state index in [0.717, 1.165) is 16.5 Å². The number of ether oxygens (including phenoxy) is 1. The summed E-state index contributed by atoms with van der Waals surface area (Å²) in [7, 11) is 1.58. The molecule has 35 heavy (non-hydrogen) atoms. The largest absolute Gasteiger partial charge is 0.501 e. The summed E-state index contributed by atoms with van der Waals surface area (Å²) in [6.07, 6.45) is 1.79. The lowest BCUT2D eigenvalue weighted by Gasteiger charge is -2.06. The number of nitrogens with zero attached hydrogens (tertiary/aromatic N) is 2. The number of methoxy groups -OCH3 is 1. The van der Waals surface area contributed by atoms with Gasteiger partial charge in [0.25, 0.3) is 0 Å². The number of benzene rings is 2. The van der Waals surface area contributed by atoms with Gasteiger partial charge in [-0.15, -0.1) is 0 Å². The van der Waals surface area contributed by atoms with Crippen molar-refractivity contribution in [2.45, 2.75) is 13.5 Å². The summed E-state index contributed by atoms with van der Waals surface area (Å²) in [5, 5.41) is 11.4. The van der Waals surface area contributed by atoms with Crippen molar-refractivity contribution in [2.75, 3.05) is 7.11 Å². The number of aromatic amines is 1. The van der Waals surface area contributed by atoms with Crippen LogP contribution in [0.25, 0.3) is 45.0 Å². The molecule has 9 heteroatoms. The first-order valence-corrected chi connectivity index (χ1v) is 10.8. The number of hydrogen-bond acceptors (Lipinski definition) is 6. The average molecular weight is 470 g/mol. The SMILES string of the molecule is COc1ccc(-c2nc(-c3cn(CC(N)=O)c4ccccc34)[nH]c2-c2oc(C)cc(=O)c2O)cc1. The van der Waals surface area contributed by atoms with Gasteiger partial charge < -0.3 is 29.5 Å². The molecule has 1 amide bonds. The molecule has 5 aromatic rings. The van der Waals surface area contributed by atoms with Gasteiger partial charge in [0.2, 0.25) is 17.1 Å². The van der Waals surface area contributed by atoms with Crippen LogP contribution in [0.4, 0.5) is 0 Å². The van der Waals surface area contributed by atoms with Crippen LogP contribution in [0.3, 0.4) is 0 Å². The number of carbonyl (C=O) groups excluding carboxylic acids is 1. The fourth-order valence-corrected chi connectivity index (χ4v) is 4.13. The Labute approximate surface area is 199 Å². The number of nitrogens with one attached hydrogen (secondary N) is 1.